The second kappa shape index (κ2) is 10.2. The van der Waals surface area contributed by atoms with Crippen molar-refractivity contribution >= 4 is 23.2 Å². The third-order valence-electron chi connectivity index (χ3n) is 5.48. The van der Waals surface area contributed by atoms with Crippen LogP contribution >= 0.6 is 23.2 Å². The van der Waals surface area contributed by atoms with Crippen molar-refractivity contribution in [3.05, 3.63) is 58.4 Å². The highest BCUT2D eigenvalue weighted by molar-refractivity contribution is 6.42. The zero-order chi connectivity index (χ0) is 19.1. The lowest BCUT2D eigenvalue weighted by Gasteiger charge is -2.26. The van der Waals surface area contributed by atoms with Crippen LogP contribution in [0.4, 0.5) is 0 Å². The third-order valence-corrected chi connectivity index (χ3v) is 6.22. The Hall–Kier alpha value is -1.38. The molecular formula is C23H28Cl2N2. The molecular weight excluding hydrogens is 375 g/mol. The normalized spacial score (nSPS) is 20.3. The van der Waals surface area contributed by atoms with Crippen LogP contribution in [0.15, 0.2) is 42.7 Å². The van der Waals surface area contributed by atoms with Gasteiger partial charge < -0.3 is 0 Å². The number of aromatic nitrogens is 2. The molecule has 144 valence electrons. The van der Waals surface area contributed by atoms with Gasteiger partial charge in [0.1, 0.15) is 0 Å². The van der Waals surface area contributed by atoms with Gasteiger partial charge in [-0.15, -0.1) is 0 Å². The highest BCUT2D eigenvalue weighted by atomic mass is 35.5. The Morgan fingerprint density at radius 1 is 1.04 bits per heavy atom. The fourth-order valence-corrected chi connectivity index (χ4v) is 4.06. The third kappa shape index (κ3) is 6.05. The molecule has 0 amide bonds. The molecule has 27 heavy (non-hydrogen) atoms. The maximum absolute atomic E-state index is 6.08. The van der Waals surface area contributed by atoms with Crippen LogP contribution in [0, 0.1) is 11.8 Å². The van der Waals surface area contributed by atoms with Gasteiger partial charge in [-0.25, -0.2) is 9.97 Å². The SMILES string of the molecule is CCCC=C[C@H]1CC[C@H](CCc2cnc(-c3ccc(Cl)c(Cl)c3)nc2)CC1. The van der Waals surface area contributed by atoms with Crippen LogP contribution in [-0.4, -0.2) is 9.97 Å². The van der Waals surface area contributed by atoms with Crippen molar-refractivity contribution in [2.75, 3.05) is 0 Å². The molecule has 1 aromatic carbocycles. The van der Waals surface area contributed by atoms with Crippen LogP contribution in [0.2, 0.25) is 10.0 Å². The topological polar surface area (TPSA) is 25.8 Å². The molecule has 0 saturated heterocycles. The molecule has 3 rings (SSSR count). The molecule has 0 spiro atoms. The number of hydrogen-bond acceptors (Lipinski definition) is 2. The summed E-state index contributed by atoms with van der Waals surface area (Å²) in [4.78, 5) is 9.03. The number of allylic oxidation sites excluding steroid dienone is 2. The Morgan fingerprint density at radius 2 is 1.78 bits per heavy atom. The molecule has 2 nitrogen and oxygen atoms in total. The van der Waals surface area contributed by atoms with Gasteiger partial charge in [0, 0.05) is 18.0 Å². The van der Waals surface area contributed by atoms with E-state index < -0.39 is 0 Å². The summed E-state index contributed by atoms with van der Waals surface area (Å²) in [6.45, 7) is 2.24. The minimum Gasteiger partial charge on any atom is -0.236 e. The second-order valence-corrected chi connectivity index (χ2v) is 8.39. The molecule has 2 aromatic rings. The van der Waals surface area contributed by atoms with E-state index in [1.807, 2.05) is 24.5 Å². The molecule has 0 unspecified atom stereocenters. The van der Waals surface area contributed by atoms with Gasteiger partial charge in [-0.1, -0.05) is 48.7 Å². The van der Waals surface area contributed by atoms with Crippen LogP contribution in [-0.2, 0) is 6.42 Å². The smallest absolute Gasteiger partial charge is 0.159 e. The summed E-state index contributed by atoms with van der Waals surface area (Å²) in [6.07, 6.45) is 18.9. The van der Waals surface area contributed by atoms with E-state index in [1.165, 1.54) is 50.5 Å². The quantitative estimate of drug-likeness (QED) is 0.446. The van der Waals surface area contributed by atoms with Gasteiger partial charge in [-0.2, -0.15) is 0 Å². The van der Waals surface area contributed by atoms with E-state index in [0.717, 1.165) is 23.8 Å². The average Bonchev–Trinajstić information content (AvgIpc) is 2.70. The Labute approximate surface area is 173 Å². The number of rotatable bonds is 7. The van der Waals surface area contributed by atoms with Gasteiger partial charge in [0.2, 0.25) is 0 Å². The number of hydrogen-bond donors (Lipinski definition) is 0. The van der Waals surface area contributed by atoms with Crippen LogP contribution < -0.4 is 0 Å². The van der Waals surface area contributed by atoms with Gasteiger partial charge in [0.05, 0.1) is 10.0 Å². The maximum Gasteiger partial charge on any atom is 0.159 e. The van der Waals surface area contributed by atoms with E-state index >= 15 is 0 Å². The molecule has 0 bridgehead atoms. The van der Waals surface area contributed by atoms with Gasteiger partial charge in [-0.3, -0.25) is 0 Å². The molecule has 1 aliphatic carbocycles. The Morgan fingerprint density at radius 3 is 2.44 bits per heavy atom. The molecule has 1 aromatic heterocycles. The summed E-state index contributed by atoms with van der Waals surface area (Å²) in [5, 5.41) is 1.08. The zero-order valence-corrected chi connectivity index (χ0v) is 17.5. The first kappa shape index (κ1) is 20.4. The fourth-order valence-electron chi connectivity index (χ4n) is 3.76. The predicted octanol–water partition coefficient (Wildman–Crippen LogP) is 7.55. The lowest BCUT2D eigenvalue weighted by molar-refractivity contribution is 0.296. The van der Waals surface area contributed by atoms with Crippen LogP contribution in [0.25, 0.3) is 11.4 Å². The van der Waals surface area contributed by atoms with Gasteiger partial charge in [0.15, 0.2) is 5.82 Å². The van der Waals surface area contributed by atoms with Crippen molar-refractivity contribution < 1.29 is 0 Å². The first-order chi connectivity index (χ1) is 13.2. The number of aryl methyl sites for hydroxylation is 1. The van der Waals surface area contributed by atoms with Crippen LogP contribution in [0.3, 0.4) is 0 Å². The summed E-state index contributed by atoms with van der Waals surface area (Å²) in [7, 11) is 0. The summed E-state index contributed by atoms with van der Waals surface area (Å²) < 4.78 is 0. The van der Waals surface area contributed by atoms with E-state index in [0.29, 0.717) is 15.9 Å². The monoisotopic (exact) mass is 402 g/mol. The average molecular weight is 403 g/mol. The first-order valence-corrected chi connectivity index (χ1v) is 10.8. The Bertz CT molecular complexity index is 747. The second-order valence-electron chi connectivity index (χ2n) is 7.58. The van der Waals surface area contributed by atoms with Crippen molar-refractivity contribution in [2.24, 2.45) is 11.8 Å². The van der Waals surface area contributed by atoms with Crippen molar-refractivity contribution in [2.45, 2.75) is 58.3 Å². The van der Waals surface area contributed by atoms with Crippen molar-refractivity contribution in [1.82, 2.24) is 9.97 Å². The fraction of sp³-hybridized carbons (Fsp3) is 0.478. The minimum atomic E-state index is 0.530. The molecule has 0 N–H and O–H groups in total. The molecule has 0 aliphatic heterocycles. The van der Waals surface area contributed by atoms with E-state index in [4.69, 9.17) is 23.2 Å². The molecule has 1 saturated carbocycles. The predicted molar refractivity (Wildman–Crippen MR) is 115 cm³/mol. The molecule has 0 atom stereocenters. The lowest BCUT2D eigenvalue weighted by Crippen LogP contribution is -2.13. The van der Waals surface area contributed by atoms with Crippen molar-refractivity contribution in [3.63, 3.8) is 0 Å². The number of benzene rings is 1. The number of halogens is 2. The molecule has 1 fully saturated rings. The molecule has 1 aliphatic rings. The van der Waals surface area contributed by atoms with Crippen molar-refractivity contribution in [3.8, 4) is 11.4 Å². The summed E-state index contributed by atoms with van der Waals surface area (Å²) in [5.74, 6) is 2.34. The van der Waals surface area contributed by atoms with E-state index in [1.54, 1.807) is 6.07 Å². The summed E-state index contributed by atoms with van der Waals surface area (Å²) >= 11 is 12.1. The summed E-state index contributed by atoms with van der Waals surface area (Å²) in [6, 6.07) is 5.49. The van der Waals surface area contributed by atoms with Gasteiger partial charge >= 0.3 is 0 Å². The standard InChI is InChI=1S/C23H28Cl2N2/c1-2-3-4-5-17-6-8-18(9-7-17)10-11-19-15-26-23(27-16-19)20-12-13-21(24)22(25)14-20/h4-5,12-18H,2-3,6-11H2,1H3/t17-,18-. The minimum absolute atomic E-state index is 0.530. The van der Waals surface area contributed by atoms with E-state index in [2.05, 4.69) is 29.0 Å². The Balaban J connectivity index is 1.47. The lowest BCUT2D eigenvalue weighted by atomic mass is 9.79. The molecule has 4 heteroatoms. The number of nitrogens with zero attached hydrogens (tertiary/aromatic N) is 2. The molecule has 0 radical (unpaired) electrons. The zero-order valence-electron chi connectivity index (χ0n) is 16.0. The highest BCUT2D eigenvalue weighted by Crippen LogP contribution is 2.32. The highest BCUT2D eigenvalue weighted by Gasteiger charge is 2.19. The largest absolute Gasteiger partial charge is 0.236 e. The van der Waals surface area contributed by atoms with Crippen LogP contribution in [0.5, 0.6) is 0 Å². The van der Waals surface area contributed by atoms with Gasteiger partial charge in [0.25, 0.3) is 0 Å². The molecule has 1 heterocycles. The maximum atomic E-state index is 6.08. The summed E-state index contributed by atoms with van der Waals surface area (Å²) in [5.41, 5.74) is 2.11. The van der Waals surface area contributed by atoms with E-state index in [9.17, 15) is 0 Å². The first-order valence-electron chi connectivity index (χ1n) is 10.1. The van der Waals surface area contributed by atoms with Crippen molar-refractivity contribution in [1.29, 1.82) is 0 Å². The number of unbranched alkanes of at least 4 members (excludes halogenated alkanes) is 1. The van der Waals surface area contributed by atoms with Crippen LogP contribution in [0.1, 0.15) is 57.4 Å². The van der Waals surface area contributed by atoms with Gasteiger partial charge in [-0.05, 0) is 80.5 Å². The Kier molecular flexibility index (Phi) is 7.72. The van der Waals surface area contributed by atoms with E-state index in [-0.39, 0.29) is 0 Å².